The minimum Gasteiger partial charge on any atom is -0.311 e. The molecule has 0 atom stereocenters. The molecule has 0 spiro atoms. The second-order valence-corrected chi connectivity index (χ2v) is 17.4. The average Bonchev–Trinajstić information content (AvgIpc) is 3.38. The second kappa shape index (κ2) is 15.6. The zero-order chi connectivity index (χ0) is 43.6. The summed E-state index contributed by atoms with van der Waals surface area (Å²) in [6, 6.07) is 90.6. The second-order valence-electron chi connectivity index (χ2n) is 17.4. The lowest BCUT2D eigenvalue weighted by Gasteiger charge is -2.46. The molecule has 310 valence electrons. The van der Waals surface area contributed by atoms with Crippen LogP contribution < -0.4 is 36.0 Å². The molecule has 4 nitrogen and oxygen atoms in total. The summed E-state index contributed by atoms with van der Waals surface area (Å²) < 4.78 is 0. The first-order valence-electron chi connectivity index (χ1n) is 22.8. The molecule has 10 aromatic carbocycles. The third kappa shape index (κ3) is 6.23. The number of nitrogens with zero attached hydrogens (tertiary/aromatic N) is 4. The number of benzene rings is 10. The van der Waals surface area contributed by atoms with Gasteiger partial charge in [0, 0.05) is 68.2 Å². The van der Waals surface area contributed by atoms with Crippen molar-refractivity contribution in [2.24, 2.45) is 0 Å². The van der Waals surface area contributed by atoms with E-state index >= 15 is 0 Å². The molecule has 2 bridgehead atoms. The van der Waals surface area contributed by atoms with Crippen LogP contribution in [0.15, 0.2) is 249 Å². The van der Waals surface area contributed by atoms with Crippen LogP contribution in [0.4, 0.5) is 68.2 Å². The predicted octanol–water partition coefficient (Wildman–Crippen LogP) is 14.3. The zero-order valence-electron chi connectivity index (χ0n) is 36.2. The molecule has 0 fully saturated rings. The molecule has 0 unspecified atom stereocenters. The molecular weight excluding hydrogens is 800 g/mol. The van der Waals surface area contributed by atoms with E-state index in [2.05, 4.69) is 268 Å². The number of anilines is 12. The van der Waals surface area contributed by atoms with Crippen LogP contribution >= 0.6 is 0 Å². The highest BCUT2D eigenvalue weighted by molar-refractivity contribution is 7.00. The lowest BCUT2D eigenvalue weighted by molar-refractivity contribution is 1.09. The fourth-order valence-corrected chi connectivity index (χ4v) is 10.6. The number of hydrogen-bond acceptors (Lipinski definition) is 4. The molecule has 0 aromatic heterocycles. The normalized spacial score (nSPS) is 12.7. The summed E-state index contributed by atoms with van der Waals surface area (Å²) in [6.45, 7) is 0.0711. The molecule has 0 saturated heterocycles. The Morgan fingerprint density at radius 3 is 1.27 bits per heavy atom. The molecule has 14 rings (SSSR count). The van der Waals surface area contributed by atoms with Crippen molar-refractivity contribution in [3.8, 4) is 11.1 Å². The maximum atomic E-state index is 2.51. The van der Waals surface area contributed by atoms with E-state index < -0.39 is 0 Å². The van der Waals surface area contributed by atoms with E-state index in [0.717, 1.165) is 46.2 Å². The standard InChI is InChI=1S/C61H43BN4/c1-6-17-47(18-7-1)63(48-19-8-2-9-20-48)52-33-29-44(30-34-52)45-31-35-53(36-32-45)65-56-27-16-28-57-61(56)62(60-46-39-43(40-46)41-59(60)66(57)51-25-14-5-15-26-51)55-38-37-54(42-58(55)65)64(49-21-10-3-11-22-49)50-23-12-4-13-24-50/h1-39,41-42H,40H2. The van der Waals surface area contributed by atoms with Crippen LogP contribution in [0, 0.1) is 0 Å². The number of rotatable bonds is 9. The molecule has 0 amide bonds. The molecule has 0 saturated carbocycles. The summed E-state index contributed by atoms with van der Waals surface area (Å²) in [5.41, 5.74) is 23.2. The van der Waals surface area contributed by atoms with Crippen molar-refractivity contribution in [1.82, 2.24) is 0 Å². The van der Waals surface area contributed by atoms with Gasteiger partial charge in [0.05, 0.1) is 0 Å². The van der Waals surface area contributed by atoms with Crippen LogP contribution in [0.25, 0.3) is 11.1 Å². The van der Waals surface area contributed by atoms with Gasteiger partial charge in [0.2, 0.25) is 0 Å². The molecule has 0 radical (unpaired) electrons. The van der Waals surface area contributed by atoms with Crippen LogP contribution in [0.1, 0.15) is 11.1 Å². The number of hydrogen-bond donors (Lipinski definition) is 0. The molecular formula is C61H43BN4. The Kier molecular flexibility index (Phi) is 8.98. The van der Waals surface area contributed by atoms with Crippen molar-refractivity contribution >= 4 is 91.3 Å². The Hall–Kier alpha value is -8.54. The summed E-state index contributed by atoms with van der Waals surface area (Å²) >= 11 is 0. The lowest BCUT2D eigenvalue weighted by atomic mass is 9.32. The molecule has 66 heavy (non-hydrogen) atoms. The van der Waals surface area contributed by atoms with Gasteiger partial charge in [-0.15, -0.1) is 0 Å². The topological polar surface area (TPSA) is 13.0 Å². The Balaban J connectivity index is 0.960. The quantitative estimate of drug-likeness (QED) is 0.134. The zero-order valence-corrected chi connectivity index (χ0v) is 36.2. The van der Waals surface area contributed by atoms with Crippen molar-refractivity contribution in [2.75, 3.05) is 19.6 Å². The van der Waals surface area contributed by atoms with E-state index in [0.29, 0.717) is 0 Å². The van der Waals surface area contributed by atoms with Gasteiger partial charge in [-0.3, -0.25) is 0 Å². The monoisotopic (exact) mass is 842 g/mol. The van der Waals surface area contributed by atoms with Gasteiger partial charge in [-0.1, -0.05) is 133 Å². The molecule has 2 heterocycles. The Labute approximate surface area is 386 Å². The molecule has 4 aliphatic rings. The SMILES string of the molecule is c1ccc(N(c2ccccc2)c2ccc(-c3ccc(N4c5cc(N(c6ccccc6)c6ccccc6)ccc5B5c6c7cc(cc6N(c6ccccc6)c6cccc4c65)C7)cc3)cc2)cc1. The molecule has 0 N–H and O–H groups in total. The predicted molar refractivity (Wildman–Crippen MR) is 278 cm³/mol. The molecule has 2 aliphatic heterocycles. The maximum absolute atomic E-state index is 2.51. The van der Waals surface area contributed by atoms with E-state index in [1.165, 1.54) is 67.1 Å². The van der Waals surface area contributed by atoms with Gasteiger partial charge >= 0.3 is 0 Å². The van der Waals surface area contributed by atoms with E-state index in [9.17, 15) is 0 Å². The van der Waals surface area contributed by atoms with Crippen LogP contribution in [0.2, 0.25) is 0 Å². The highest BCUT2D eigenvalue weighted by Crippen LogP contribution is 2.47. The van der Waals surface area contributed by atoms with Crippen molar-refractivity contribution in [3.05, 3.63) is 260 Å². The fourth-order valence-electron chi connectivity index (χ4n) is 10.6. The molecule has 2 aliphatic carbocycles. The van der Waals surface area contributed by atoms with Gasteiger partial charge in [-0.2, -0.15) is 0 Å². The van der Waals surface area contributed by atoms with Gasteiger partial charge in [0.25, 0.3) is 6.71 Å². The summed E-state index contributed by atoms with van der Waals surface area (Å²) in [7, 11) is 0. The van der Waals surface area contributed by atoms with Gasteiger partial charge in [0.1, 0.15) is 0 Å². The summed E-state index contributed by atoms with van der Waals surface area (Å²) in [5, 5.41) is 0. The van der Waals surface area contributed by atoms with Crippen molar-refractivity contribution in [1.29, 1.82) is 0 Å². The van der Waals surface area contributed by atoms with Crippen LogP contribution in [-0.2, 0) is 6.42 Å². The number of para-hydroxylation sites is 5. The molecule has 10 aromatic rings. The van der Waals surface area contributed by atoms with E-state index in [4.69, 9.17) is 0 Å². The Morgan fingerprint density at radius 2 is 0.742 bits per heavy atom. The highest BCUT2D eigenvalue weighted by Gasteiger charge is 2.45. The van der Waals surface area contributed by atoms with E-state index in [1.54, 1.807) is 0 Å². The Morgan fingerprint density at radius 1 is 0.318 bits per heavy atom. The van der Waals surface area contributed by atoms with Crippen molar-refractivity contribution < 1.29 is 0 Å². The smallest absolute Gasteiger partial charge is 0.252 e. The average molecular weight is 843 g/mol. The van der Waals surface area contributed by atoms with E-state index in [1.807, 2.05) is 0 Å². The van der Waals surface area contributed by atoms with E-state index in [-0.39, 0.29) is 6.71 Å². The van der Waals surface area contributed by atoms with Gasteiger partial charge in [-0.25, -0.2) is 0 Å². The summed E-state index contributed by atoms with van der Waals surface area (Å²) in [6.07, 6.45) is 1.02. The van der Waals surface area contributed by atoms with Crippen molar-refractivity contribution in [2.45, 2.75) is 6.42 Å². The van der Waals surface area contributed by atoms with Crippen molar-refractivity contribution in [3.63, 3.8) is 0 Å². The Bertz CT molecular complexity index is 3300. The highest BCUT2D eigenvalue weighted by atomic mass is 15.2. The van der Waals surface area contributed by atoms with Crippen LogP contribution in [0.5, 0.6) is 0 Å². The minimum absolute atomic E-state index is 0.0711. The third-order valence-electron chi connectivity index (χ3n) is 13.5. The first-order valence-corrected chi connectivity index (χ1v) is 22.8. The summed E-state index contributed by atoms with van der Waals surface area (Å²) in [4.78, 5) is 9.70. The number of fused-ring (bicyclic) bond motifs is 2. The fraction of sp³-hybridized carbons (Fsp3) is 0.0164. The largest absolute Gasteiger partial charge is 0.311 e. The van der Waals surface area contributed by atoms with Gasteiger partial charge < -0.3 is 19.6 Å². The first kappa shape index (κ1) is 38.0. The minimum atomic E-state index is 0.0711. The van der Waals surface area contributed by atoms with Crippen LogP contribution in [-0.4, -0.2) is 6.71 Å². The van der Waals surface area contributed by atoms with Gasteiger partial charge in [0.15, 0.2) is 0 Å². The summed E-state index contributed by atoms with van der Waals surface area (Å²) in [5.74, 6) is 0. The van der Waals surface area contributed by atoms with Gasteiger partial charge in [-0.05, 0) is 160 Å². The lowest BCUT2D eigenvalue weighted by Crippen LogP contribution is -2.62. The maximum Gasteiger partial charge on any atom is 0.252 e. The van der Waals surface area contributed by atoms with Crippen LogP contribution in [0.3, 0.4) is 0 Å². The molecule has 5 heteroatoms. The first-order chi connectivity index (χ1) is 32.7. The third-order valence-corrected chi connectivity index (χ3v) is 13.5.